The smallest absolute Gasteiger partial charge is 0.255 e. The number of nitrogens with zero attached hydrogens (tertiary/aromatic N) is 1. The fourth-order valence-electron chi connectivity index (χ4n) is 1.68. The van der Waals surface area contributed by atoms with E-state index in [-0.39, 0.29) is 11.3 Å². The van der Waals surface area contributed by atoms with Gasteiger partial charge in [-0.2, -0.15) is 0 Å². The Labute approximate surface area is 110 Å². The van der Waals surface area contributed by atoms with Gasteiger partial charge in [-0.15, -0.1) is 0 Å². The average molecular weight is 258 g/mol. The molecular weight excluding hydrogens is 244 g/mol. The first-order valence-corrected chi connectivity index (χ1v) is 5.86. The number of phenolic OH excluding ortho intramolecular Hbond substituents is 2. The number of amides is 1. The van der Waals surface area contributed by atoms with Crippen molar-refractivity contribution in [2.24, 2.45) is 0 Å². The van der Waals surface area contributed by atoms with Crippen molar-refractivity contribution in [1.29, 1.82) is 0 Å². The van der Waals surface area contributed by atoms with Gasteiger partial charge < -0.3 is 15.5 Å². The summed E-state index contributed by atoms with van der Waals surface area (Å²) in [5.41, 5.74) is 1.13. The lowest BCUT2D eigenvalue weighted by atomic mass is 10.1. The van der Waals surface area contributed by atoms with E-state index >= 15 is 0 Å². The Balaban J connectivity index is 1.93. The number of rotatable bonds is 4. The number of para-hydroxylation sites is 1. The molecular formula is C14H14N2O3. The van der Waals surface area contributed by atoms with Crippen LogP contribution in [0.2, 0.25) is 0 Å². The normalized spacial score (nSPS) is 10.1. The van der Waals surface area contributed by atoms with Crippen molar-refractivity contribution < 1.29 is 15.0 Å². The van der Waals surface area contributed by atoms with Crippen molar-refractivity contribution in [2.45, 2.75) is 6.42 Å². The first kappa shape index (κ1) is 12.9. The van der Waals surface area contributed by atoms with Gasteiger partial charge >= 0.3 is 0 Å². The van der Waals surface area contributed by atoms with Crippen LogP contribution in [0, 0.1) is 0 Å². The van der Waals surface area contributed by atoms with Gasteiger partial charge in [0.25, 0.3) is 5.91 Å². The van der Waals surface area contributed by atoms with Gasteiger partial charge in [0.2, 0.25) is 0 Å². The number of carbonyl (C=O) groups is 1. The summed E-state index contributed by atoms with van der Waals surface area (Å²) in [6, 6.07) is 8.03. The van der Waals surface area contributed by atoms with Crippen LogP contribution in [0.4, 0.5) is 0 Å². The summed E-state index contributed by atoms with van der Waals surface area (Å²) in [6.07, 6.45) is 4.06. The topological polar surface area (TPSA) is 82.5 Å². The zero-order chi connectivity index (χ0) is 13.7. The summed E-state index contributed by atoms with van der Waals surface area (Å²) >= 11 is 0. The van der Waals surface area contributed by atoms with E-state index in [9.17, 15) is 15.0 Å². The number of aromatic hydroxyl groups is 2. The minimum absolute atomic E-state index is 0.0646. The van der Waals surface area contributed by atoms with Crippen molar-refractivity contribution in [1.82, 2.24) is 10.3 Å². The zero-order valence-corrected chi connectivity index (χ0v) is 10.2. The maximum atomic E-state index is 11.8. The molecule has 5 heteroatoms. The quantitative estimate of drug-likeness (QED) is 0.725. The molecule has 98 valence electrons. The highest BCUT2D eigenvalue weighted by Crippen LogP contribution is 2.27. The van der Waals surface area contributed by atoms with Gasteiger partial charge in [-0.25, -0.2) is 0 Å². The first-order chi connectivity index (χ1) is 9.18. The molecule has 0 spiro atoms. The van der Waals surface area contributed by atoms with Gasteiger partial charge in [-0.05, 0) is 36.2 Å². The Hall–Kier alpha value is -2.56. The van der Waals surface area contributed by atoms with Gasteiger partial charge in [-0.1, -0.05) is 6.07 Å². The fraction of sp³-hybridized carbons (Fsp3) is 0.143. The number of aromatic nitrogens is 1. The molecule has 1 amide bonds. The Morgan fingerprint density at radius 3 is 2.63 bits per heavy atom. The third kappa shape index (κ3) is 3.22. The molecule has 0 saturated carbocycles. The summed E-state index contributed by atoms with van der Waals surface area (Å²) in [7, 11) is 0. The fourth-order valence-corrected chi connectivity index (χ4v) is 1.68. The SMILES string of the molecule is O=C(NCCc1ccncc1)c1cccc(O)c1O. The monoisotopic (exact) mass is 258 g/mol. The number of pyridine rings is 1. The van der Waals surface area contributed by atoms with Crippen molar-refractivity contribution in [3.63, 3.8) is 0 Å². The number of carbonyl (C=O) groups excluding carboxylic acids is 1. The number of hydrogen-bond acceptors (Lipinski definition) is 4. The van der Waals surface area contributed by atoms with Crippen LogP contribution in [0.5, 0.6) is 11.5 Å². The molecule has 0 aliphatic carbocycles. The lowest BCUT2D eigenvalue weighted by molar-refractivity contribution is 0.0951. The molecule has 1 heterocycles. The van der Waals surface area contributed by atoms with E-state index in [0.29, 0.717) is 13.0 Å². The molecule has 1 aromatic carbocycles. The van der Waals surface area contributed by atoms with Gasteiger partial charge in [0.05, 0.1) is 5.56 Å². The van der Waals surface area contributed by atoms with E-state index < -0.39 is 11.7 Å². The van der Waals surface area contributed by atoms with E-state index in [4.69, 9.17) is 0 Å². The standard InChI is InChI=1S/C14H14N2O3/c17-12-3-1-2-11(13(12)18)14(19)16-9-6-10-4-7-15-8-5-10/h1-5,7-8,17-18H,6,9H2,(H,16,19). The Kier molecular flexibility index (Phi) is 3.97. The van der Waals surface area contributed by atoms with Crippen LogP contribution in [-0.4, -0.2) is 27.6 Å². The average Bonchev–Trinajstić information content (AvgIpc) is 2.43. The van der Waals surface area contributed by atoms with Crippen LogP contribution in [0.25, 0.3) is 0 Å². The molecule has 0 fully saturated rings. The first-order valence-electron chi connectivity index (χ1n) is 5.86. The summed E-state index contributed by atoms with van der Waals surface area (Å²) in [5, 5.41) is 21.6. The molecule has 0 unspecified atom stereocenters. The van der Waals surface area contributed by atoms with Crippen molar-refractivity contribution in [3.8, 4) is 11.5 Å². The van der Waals surface area contributed by atoms with E-state index in [1.165, 1.54) is 18.2 Å². The maximum absolute atomic E-state index is 11.8. The molecule has 0 bridgehead atoms. The second-order valence-electron chi connectivity index (χ2n) is 4.03. The molecule has 0 saturated heterocycles. The molecule has 0 radical (unpaired) electrons. The van der Waals surface area contributed by atoms with Crippen molar-refractivity contribution in [2.75, 3.05) is 6.54 Å². The summed E-state index contributed by atoms with van der Waals surface area (Å²) in [4.78, 5) is 15.7. The number of benzene rings is 1. The molecule has 0 aliphatic rings. The Bertz CT molecular complexity index is 570. The highest BCUT2D eigenvalue weighted by Gasteiger charge is 2.12. The lowest BCUT2D eigenvalue weighted by Gasteiger charge is -2.07. The predicted octanol–water partition coefficient (Wildman–Crippen LogP) is 1.47. The highest BCUT2D eigenvalue weighted by molar-refractivity contribution is 5.97. The third-order valence-electron chi connectivity index (χ3n) is 2.71. The van der Waals surface area contributed by atoms with E-state index in [0.717, 1.165) is 5.56 Å². The van der Waals surface area contributed by atoms with Gasteiger partial charge in [-0.3, -0.25) is 9.78 Å². The molecule has 2 rings (SSSR count). The van der Waals surface area contributed by atoms with Crippen LogP contribution in [0.1, 0.15) is 15.9 Å². The van der Waals surface area contributed by atoms with E-state index in [1.807, 2.05) is 12.1 Å². The van der Waals surface area contributed by atoms with E-state index in [1.54, 1.807) is 12.4 Å². The highest BCUT2D eigenvalue weighted by atomic mass is 16.3. The number of hydrogen-bond donors (Lipinski definition) is 3. The minimum Gasteiger partial charge on any atom is -0.504 e. The summed E-state index contributed by atoms with van der Waals surface area (Å²) in [5.74, 6) is -1.12. The third-order valence-corrected chi connectivity index (χ3v) is 2.71. The van der Waals surface area contributed by atoms with Crippen LogP contribution in [-0.2, 0) is 6.42 Å². The minimum atomic E-state index is -0.414. The molecule has 1 aromatic heterocycles. The summed E-state index contributed by atoms with van der Waals surface area (Å²) < 4.78 is 0. The molecule has 5 nitrogen and oxygen atoms in total. The predicted molar refractivity (Wildman–Crippen MR) is 70.0 cm³/mol. The second-order valence-corrected chi connectivity index (χ2v) is 4.03. The van der Waals surface area contributed by atoms with Crippen LogP contribution in [0.15, 0.2) is 42.7 Å². The van der Waals surface area contributed by atoms with Gasteiger partial charge in [0, 0.05) is 18.9 Å². The van der Waals surface area contributed by atoms with Crippen molar-refractivity contribution in [3.05, 3.63) is 53.9 Å². The number of phenols is 2. The molecule has 0 aliphatic heterocycles. The van der Waals surface area contributed by atoms with Crippen molar-refractivity contribution >= 4 is 5.91 Å². The molecule has 2 aromatic rings. The molecule has 0 atom stereocenters. The Morgan fingerprint density at radius 1 is 1.16 bits per heavy atom. The largest absolute Gasteiger partial charge is 0.504 e. The van der Waals surface area contributed by atoms with Gasteiger partial charge in [0.15, 0.2) is 11.5 Å². The van der Waals surface area contributed by atoms with Crippen LogP contribution >= 0.6 is 0 Å². The van der Waals surface area contributed by atoms with Crippen LogP contribution in [0.3, 0.4) is 0 Å². The summed E-state index contributed by atoms with van der Waals surface area (Å²) in [6.45, 7) is 0.442. The van der Waals surface area contributed by atoms with Crippen LogP contribution < -0.4 is 5.32 Å². The molecule has 3 N–H and O–H groups in total. The second kappa shape index (κ2) is 5.86. The number of nitrogens with one attached hydrogen (secondary N) is 1. The molecule has 19 heavy (non-hydrogen) atoms. The van der Waals surface area contributed by atoms with Gasteiger partial charge in [0.1, 0.15) is 0 Å². The van der Waals surface area contributed by atoms with E-state index in [2.05, 4.69) is 10.3 Å². The zero-order valence-electron chi connectivity index (χ0n) is 10.2. The Morgan fingerprint density at radius 2 is 1.89 bits per heavy atom. The lowest BCUT2D eigenvalue weighted by Crippen LogP contribution is -2.25. The maximum Gasteiger partial charge on any atom is 0.255 e.